The second-order valence-electron chi connectivity index (χ2n) is 7.80. The third kappa shape index (κ3) is 6.25. The zero-order chi connectivity index (χ0) is 23.1. The van der Waals surface area contributed by atoms with Crippen molar-refractivity contribution >= 4 is 39.3 Å². The lowest BCUT2D eigenvalue weighted by Crippen LogP contribution is -2.32. The molecule has 1 heterocycles. The molecule has 1 N–H and O–H groups in total. The third-order valence-corrected chi connectivity index (χ3v) is 8.73. The van der Waals surface area contributed by atoms with Gasteiger partial charge in [0.05, 0.1) is 4.90 Å². The van der Waals surface area contributed by atoms with Gasteiger partial charge in [0.15, 0.2) is 0 Å². The van der Waals surface area contributed by atoms with Crippen molar-refractivity contribution < 1.29 is 17.6 Å². The molecular formula is C23H28ClFN2O3S2. The van der Waals surface area contributed by atoms with Crippen LogP contribution in [-0.4, -0.2) is 44.0 Å². The van der Waals surface area contributed by atoms with E-state index in [9.17, 15) is 17.6 Å². The van der Waals surface area contributed by atoms with Crippen LogP contribution in [0, 0.1) is 12.7 Å². The average Bonchev–Trinajstić information content (AvgIpc) is 3.05. The number of amides is 1. The predicted molar refractivity (Wildman–Crippen MR) is 128 cm³/mol. The fourth-order valence-electron chi connectivity index (χ4n) is 3.61. The maximum absolute atomic E-state index is 13.8. The number of nitrogens with one attached hydrogen (secondary N) is 1. The highest BCUT2D eigenvalue weighted by Gasteiger charge is 2.26. The molecule has 0 bridgehead atoms. The summed E-state index contributed by atoms with van der Waals surface area (Å²) in [4.78, 5) is 12.9. The van der Waals surface area contributed by atoms with Gasteiger partial charge in [0, 0.05) is 47.3 Å². The number of halogens is 2. The molecule has 32 heavy (non-hydrogen) atoms. The fourth-order valence-corrected chi connectivity index (χ4v) is 6.35. The number of aryl methyl sites for hydroxylation is 1. The fraction of sp³-hybridized carbons (Fsp3) is 0.435. The SMILES string of the molecule is Cc1ccc(S(=O)(=O)N2CCCCCC2)cc1C(=O)NCCSCc1c(F)cccc1Cl. The minimum absolute atomic E-state index is 0.152. The Kier molecular flexibility index (Phi) is 8.99. The molecule has 1 aliphatic heterocycles. The molecule has 0 radical (unpaired) electrons. The lowest BCUT2D eigenvalue weighted by molar-refractivity contribution is 0.0955. The zero-order valence-corrected chi connectivity index (χ0v) is 20.5. The van der Waals surface area contributed by atoms with E-state index in [0.717, 1.165) is 25.7 Å². The summed E-state index contributed by atoms with van der Waals surface area (Å²) in [5.74, 6) is 0.317. The number of carbonyl (C=O) groups is 1. The van der Waals surface area contributed by atoms with Gasteiger partial charge in [-0.25, -0.2) is 12.8 Å². The molecule has 2 aromatic carbocycles. The summed E-state index contributed by atoms with van der Waals surface area (Å²) in [5, 5.41) is 3.22. The summed E-state index contributed by atoms with van der Waals surface area (Å²) >= 11 is 7.49. The number of carbonyl (C=O) groups excluding carboxylic acids is 1. The van der Waals surface area contributed by atoms with Crippen LogP contribution in [0.25, 0.3) is 0 Å². The van der Waals surface area contributed by atoms with Crippen molar-refractivity contribution in [2.45, 2.75) is 43.3 Å². The van der Waals surface area contributed by atoms with Crippen LogP contribution in [0.3, 0.4) is 0 Å². The van der Waals surface area contributed by atoms with Crippen LogP contribution in [0.15, 0.2) is 41.3 Å². The molecule has 1 saturated heterocycles. The maximum Gasteiger partial charge on any atom is 0.251 e. The third-order valence-electron chi connectivity index (χ3n) is 5.50. The largest absolute Gasteiger partial charge is 0.351 e. The van der Waals surface area contributed by atoms with Crippen molar-refractivity contribution in [3.8, 4) is 0 Å². The van der Waals surface area contributed by atoms with Crippen LogP contribution in [0.2, 0.25) is 5.02 Å². The Morgan fingerprint density at radius 3 is 2.56 bits per heavy atom. The summed E-state index contributed by atoms with van der Waals surface area (Å²) in [7, 11) is -3.62. The van der Waals surface area contributed by atoms with Gasteiger partial charge in [0.2, 0.25) is 10.0 Å². The number of nitrogens with zero attached hydrogens (tertiary/aromatic N) is 1. The lowest BCUT2D eigenvalue weighted by atomic mass is 10.1. The van der Waals surface area contributed by atoms with E-state index in [1.54, 1.807) is 31.2 Å². The van der Waals surface area contributed by atoms with Gasteiger partial charge in [0.25, 0.3) is 5.91 Å². The molecule has 5 nitrogen and oxygen atoms in total. The molecular weight excluding hydrogens is 471 g/mol. The van der Waals surface area contributed by atoms with Crippen molar-refractivity contribution in [3.63, 3.8) is 0 Å². The molecule has 1 aliphatic rings. The normalized spacial score (nSPS) is 15.3. The van der Waals surface area contributed by atoms with Crippen molar-refractivity contribution in [1.29, 1.82) is 0 Å². The molecule has 0 atom stereocenters. The topological polar surface area (TPSA) is 66.5 Å². The first kappa shape index (κ1) is 25.0. The van der Waals surface area contributed by atoms with Gasteiger partial charge in [-0.15, -0.1) is 0 Å². The van der Waals surface area contributed by atoms with Gasteiger partial charge in [0.1, 0.15) is 5.82 Å². The van der Waals surface area contributed by atoms with Gasteiger partial charge in [-0.2, -0.15) is 16.1 Å². The van der Waals surface area contributed by atoms with Crippen LogP contribution in [0.1, 0.15) is 47.2 Å². The van der Waals surface area contributed by atoms with E-state index in [4.69, 9.17) is 11.6 Å². The number of hydrogen-bond acceptors (Lipinski definition) is 4. The first-order valence-corrected chi connectivity index (χ1v) is 13.7. The summed E-state index contributed by atoms with van der Waals surface area (Å²) in [6.45, 7) is 3.19. The van der Waals surface area contributed by atoms with E-state index >= 15 is 0 Å². The van der Waals surface area contributed by atoms with Crippen LogP contribution in [0.5, 0.6) is 0 Å². The van der Waals surface area contributed by atoms with E-state index in [1.165, 1.54) is 28.2 Å². The predicted octanol–water partition coefficient (Wildman–Crippen LogP) is 5.02. The molecule has 2 aromatic rings. The Bertz CT molecular complexity index is 1030. The summed E-state index contributed by atoms with van der Waals surface area (Å²) < 4.78 is 41.5. The average molecular weight is 499 g/mol. The molecule has 0 aromatic heterocycles. The van der Waals surface area contributed by atoms with E-state index in [0.29, 0.717) is 52.9 Å². The first-order chi connectivity index (χ1) is 15.3. The number of sulfonamides is 1. The van der Waals surface area contributed by atoms with Crippen molar-refractivity contribution in [2.24, 2.45) is 0 Å². The smallest absolute Gasteiger partial charge is 0.251 e. The van der Waals surface area contributed by atoms with Crippen molar-refractivity contribution in [2.75, 3.05) is 25.4 Å². The van der Waals surface area contributed by atoms with E-state index in [-0.39, 0.29) is 16.6 Å². The molecule has 0 unspecified atom stereocenters. The zero-order valence-electron chi connectivity index (χ0n) is 18.1. The van der Waals surface area contributed by atoms with E-state index in [2.05, 4.69) is 5.32 Å². The van der Waals surface area contributed by atoms with Gasteiger partial charge in [-0.3, -0.25) is 4.79 Å². The maximum atomic E-state index is 13.8. The van der Waals surface area contributed by atoms with Gasteiger partial charge >= 0.3 is 0 Å². The second-order valence-corrected chi connectivity index (χ2v) is 11.3. The molecule has 1 amide bonds. The van der Waals surface area contributed by atoms with Crippen molar-refractivity contribution in [3.05, 3.63) is 63.9 Å². The van der Waals surface area contributed by atoms with Crippen LogP contribution >= 0.6 is 23.4 Å². The quantitative estimate of drug-likeness (QED) is 0.519. The molecule has 0 aliphatic carbocycles. The van der Waals surface area contributed by atoms with Crippen LogP contribution in [-0.2, 0) is 15.8 Å². The summed E-state index contributed by atoms with van der Waals surface area (Å²) in [6, 6.07) is 9.30. The van der Waals surface area contributed by atoms with Crippen LogP contribution < -0.4 is 5.32 Å². The molecule has 3 rings (SSSR count). The Labute approximate surface area is 198 Å². The van der Waals surface area contributed by atoms with Crippen LogP contribution in [0.4, 0.5) is 4.39 Å². The molecule has 0 saturated carbocycles. The Morgan fingerprint density at radius 2 is 1.88 bits per heavy atom. The van der Waals surface area contributed by atoms with Gasteiger partial charge < -0.3 is 5.32 Å². The van der Waals surface area contributed by atoms with Gasteiger partial charge in [-0.1, -0.05) is 36.6 Å². The number of rotatable bonds is 8. The van der Waals surface area contributed by atoms with Crippen molar-refractivity contribution in [1.82, 2.24) is 9.62 Å². The monoisotopic (exact) mass is 498 g/mol. The molecule has 174 valence electrons. The lowest BCUT2D eigenvalue weighted by Gasteiger charge is -2.20. The van der Waals surface area contributed by atoms with E-state index < -0.39 is 10.0 Å². The highest BCUT2D eigenvalue weighted by molar-refractivity contribution is 7.98. The van der Waals surface area contributed by atoms with Gasteiger partial charge in [-0.05, 0) is 49.6 Å². The van der Waals surface area contributed by atoms with E-state index in [1.807, 2.05) is 0 Å². The molecule has 9 heteroatoms. The highest BCUT2D eigenvalue weighted by Crippen LogP contribution is 2.24. The minimum atomic E-state index is -3.62. The standard InChI is InChI=1S/C23H28ClFN2O3S2/c1-17-9-10-18(32(29,30)27-12-4-2-3-5-13-27)15-19(17)23(28)26-11-14-31-16-20-21(24)7-6-8-22(20)25/h6-10,15H,2-5,11-14,16H2,1H3,(H,26,28). The Morgan fingerprint density at radius 1 is 1.16 bits per heavy atom. The first-order valence-electron chi connectivity index (χ1n) is 10.7. The molecule has 0 spiro atoms. The number of thioether (sulfide) groups is 1. The minimum Gasteiger partial charge on any atom is -0.351 e. The number of hydrogen-bond donors (Lipinski definition) is 1. The second kappa shape index (κ2) is 11.5. The Hall–Kier alpha value is -1.61. The Balaban J connectivity index is 1.59. The highest BCUT2D eigenvalue weighted by atomic mass is 35.5. The molecule has 1 fully saturated rings. The number of benzene rings is 2. The summed E-state index contributed by atoms with van der Waals surface area (Å²) in [6.07, 6.45) is 3.78. The summed E-state index contributed by atoms with van der Waals surface area (Å²) in [5.41, 5.74) is 1.51.